The van der Waals surface area contributed by atoms with Gasteiger partial charge in [0.25, 0.3) is 11.8 Å². The van der Waals surface area contributed by atoms with Crippen molar-refractivity contribution in [2.75, 3.05) is 32.7 Å². The number of benzene rings is 1. The van der Waals surface area contributed by atoms with E-state index in [0.717, 1.165) is 10.5 Å². The van der Waals surface area contributed by atoms with Crippen LogP contribution in [0.4, 0.5) is 4.79 Å². The largest absolute Gasteiger partial charge is 0.444 e. The Morgan fingerprint density at radius 2 is 1.35 bits per heavy atom. The summed E-state index contributed by atoms with van der Waals surface area (Å²) in [6, 6.07) is 7.33. The summed E-state index contributed by atoms with van der Waals surface area (Å²) in [6.45, 7) is 7.02. The van der Waals surface area contributed by atoms with Crippen LogP contribution in [-0.4, -0.2) is 103 Å². The van der Waals surface area contributed by atoms with Crippen molar-refractivity contribution < 1.29 is 43.1 Å². The number of hydrogen-bond acceptors (Lipinski definition) is 9. The Labute approximate surface area is 304 Å². The molecule has 286 valence electrons. The Morgan fingerprint density at radius 1 is 0.712 bits per heavy atom. The molecule has 1 aliphatic rings. The molecule has 0 unspecified atom stereocenters. The van der Waals surface area contributed by atoms with Gasteiger partial charge in [-0.25, -0.2) is 4.79 Å². The topological polar surface area (TPSA) is 221 Å². The average molecular weight is 728 g/mol. The third-order valence-electron chi connectivity index (χ3n) is 7.58. The van der Waals surface area contributed by atoms with Gasteiger partial charge >= 0.3 is 6.09 Å². The summed E-state index contributed by atoms with van der Waals surface area (Å²) < 4.78 is 5.21. The molecule has 6 N–H and O–H groups in total. The normalized spacial score (nSPS) is 13.5. The number of alkyl carbamates (subject to hydrolysis) is 1. The maximum absolute atomic E-state index is 13.1. The van der Waals surface area contributed by atoms with Crippen LogP contribution in [0.15, 0.2) is 42.5 Å². The van der Waals surface area contributed by atoms with Crippen molar-refractivity contribution in [2.45, 2.75) is 96.7 Å². The number of amides is 8. The molecule has 0 spiro atoms. The number of nitrogens with one attached hydrogen (secondary N) is 6. The van der Waals surface area contributed by atoms with Crippen molar-refractivity contribution >= 4 is 47.4 Å². The highest BCUT2D eigenvalue weighted by Crippen LogP contribution is 2.10. The molecule has 0 saturated heterocycles. The summed E-state index contributed by atoms with van der Waals surface area (Å²) in [5.74, 6) is -3.33. The molecule has 1 aromatic rings. The summed E-state index contributed by atoms with van der Waals surface area (Å²) in [7, 11) is 0. The summed E-state index contributed by atoms with van der Waals surface area (Å²) in [5, 5.41) is 15.6. The molecule has 0 saturated carbocycles. The Balaban J connectivity index is 1.85. The summed E-state index contributed by atoms with van der Waals surface area (Å²) >= 11 is 0. The Kier molecular flexibility index (Phi) is 18.6. The van der Waals surface area contributed by atoms with E-state index in [1.54, 1.807) is 27.7 Å². The minimum atomic E-state index is -0.980. The zero-order chi connectivity index (χ0) is 38.5. The third-order valence-corrected chi connectivity index (χ3v) is 7.58. The van der Waals surface area contributed by atoms with Crippen LogP contribution >= 0.6 is 0 Å². The molecule has 2 atom stereocenters. The van der Waals surface area contributed by atoms with Gasteiger partial charge in [-0.2, -0.15) is 0 Å². The second kappa shape index (κ2) is 22.5. The van der Waals surface area contributed by atoms with Crippen LogP contribution in [0.5, 0.6) is 0 Å². The summed E-state index contributed by atoms with van der Waals surface area (Å²) in [6.07, 6.45) is 4.91. The van der Waals surface area contributed by atoms with Gasteiger partial charge in [0, 0.05) is 44.6 Å². The van der Waals surface area contributed by atoms with Crippen LogP contribution in [0.3, 0.4) is 0 Å². The Bertz CT molecular complexity index is 1410. The van der Waals surface area contributed by atoms with E-state index in [1.165, 1.54) is 12.2 Å². The summed E-state index contributed by atoms with van der Waals surface area (Å²) in [5.41, 5.74) is 0.196. The quantitative estimate of drug-likeness (QED) is 0.0732. The number of likely N-dealkylation sites (N-methyl/N-ethyl adjacent to an activating group) is 1. The van der Waals surface area contributed by atoms with E-state index in [4.69, 9.17) is 4.74 Å². The number of imide groups is 1. The average Bonchev–Trinajstić information content (AvgIpc) is 3.40. The summed E-state index contributed by atoms with van der Waals surface area (Å²) in [4.78, 5) is 100.0. The van der Waals surface area contributed by atoms with E-state index < -0.39 is 54.6 Å². The molecule has 16 heteroatoms. The maximum Gasteiger partial charge on any atom is 0.407 e. The van der Waals surface area contributed by atoms with Crippen molar-refractivity contribution in [2.24, 2.45) is 0 Å². The van der Waals surface area contributed by atoms with Gasteiger partial charge in [-0.05, 0) is 65.4 Å². The second-order valence-electron chi connectivity index (χ2n) is 13.2. The van der Waals surface area contributed by atoms with Crippen LogP contribution in [0.25, 0.3) is 0 Å². The van der Waals surface area contributed by atoms with E-state index >= 15 is 0 Å². The zero-order valence-corrected chi connectivity index (χ0v) is 30.5. The predicted molar refractivity (Wildman–Crippen MR) is 191 cm³/mol. The first kappa shape index (κ1) is 42.9. The van der Waals surface area contributed by atoms with Gasteiger partial charge in [0.05, 0.1) is 13.1 Å². The van der Waals surface area contributed by atoms with E-state index in [1.807, 2.05) is 30.3 Å². The molecule has 1 aliphatic heterocycles. The van der Waals surface area contributed by atoms with Crippen LogP contribution < -0.4 is 31.9 Å². The smallest absolute Gasteiger partial charge is 0.407 e. The number of carbonyl (C=O) groups excluding carboxylic acids is 8. The fourth-order valence-electron chi connectivity index (χ4n) is 5.03. The van der Waals surface area contributed by atoms with Crippen molar-refractivity contribution in [3.05, 3.63) is 48.0 Å². The molecule has 8 amide bonds. The number of unbranched alkanes of at least 4 members (excludes halogenated alkanes) is 3. The SMILES string of the molecule is CCNC(=O)[C@H](Cc1ccccc1)NC(=O)CNC(=O)CNC(=O)[C@H](CCCCNC(=O)OC(C)(C)C)NC(=O)CCCCCN1C(=O)C=CC1=O. The molecule has 2 rings (SSSR count). The first-order valence-electron chi connectivity index (χ1n) is 17.6. The molecule has 16 nitrogen and oxygen atoms in total. The lowest BCUT2D eigenvalue weighted by molar-refractivity contribution is -0.137. The van der Waals surface area contributed by atoms with Gasteiger partial charge in [-0.3, -0.25) is 38.5 Å². The van der Waals surface area contributed by atoms with Crippen molar-refractivity contribution in [3.63, 3.8) is 0 Å². The van der Waals surface area contributed by atoms with Crippen LogP contribution in [-0.2, 0) is 44.7 Å². The van der Waals surface area contributed by atoms with Gasteiger partial charge in [-0.1, -0.05) is 36.8 Å². The Hall–Kier alpha value is -5.28. The van der Waals surface area contributed by atoms with Crippen molar-refractivity contribution in [1.82, 2.24) is 36.8 Å². The first-order valence-corrected chi connectivity index (χ1v) is 17.6. The minimum absolute atomic E-state index is 0.0985. The zero-order valence-electron chi connectivity index (χ0n) is 30.5. The lowest BCUT2D eigenvalue weighted by atomic mass is 10.1. The number of rotatable bonds is 22. The van der Waals surface area contributed by atoms with Crippen molar-refractivity contribution in [1.29, 1.82) is 0 Å². The fraction of sp³-hybridized carbons (Fsp3) is 0.556. The maximum atomic E-state index is 13.1. The van der Waals surface area contributed by atoms with Crippen LogP contribution in [0.2, 0.25) is 0 Å². The Morgan fingerprint density at radius 3 is 2.00 bits per heavy atom. The molecular weight excluding hydrogens is 674 g/mol. The highest BCUT2D eigenvalue weighted by Gasteiger charge is 2.24. The fourth-order valence-corrected chi connectivity index (χ4v) is 5.03. The second-order valence-corrected chi connectivity index (χ2v) is 13.2. The standard InChI is InChI=1S/C36H53N7O9/c1-5-37-34(50)27(22-25-14-8-6-9-15-25)42-30(46)24-39-29(45)23-40-33(49)26(16-11-12-20-38-35(51)52-36(2,3)4)41-28(44)17-10-7-13-21-43-31(47)18-19-32(43)48/h6,8-9,14-15,18-19,26-27H,5,7,10-13,16-17,20-24H2,1-4H3,(H,37,50)(H,38,51)(H,39,45)(H,40,49)(H,41,44)(H,42,46)/t26-,27-/m0/s1. The highest BCUT2D eigenvalue weighted by molar-refractivity contribution is 6.12. The highest BCUT2D eigenvalue weighted by atomic mass is 16.6. The predicted octanol–water partition coefficient (Wildman–Crippen LogP) is 0.748. The lowest BCUT2D eigenvalue weighted by Crippen LogP contribution is -2.52. The van der Waals surface area contributed by atoms with E-state index in [-0.39, 0.29) is 56.0 Å². The number of nitrogens with zero attached hydrogens (tertiary/aromatic N) is 1. The molecular formula is C36H53N7O9. The number of ether oxygens (including phenoxy) is 1. The third kappa shape index (κ3) is 17.6. The number of carbonyl (C=O) groups is 8. The van der Waals surface area contributed by atoms with Crippen LogP contribution in [0, 0.1) is 0 Å². The van der Waals surface area contributed by atoms with E-state index in [9.17, 15) is 38.4 Å². The molecule has 1 aromatic carbocycles. The monoisotopic (exact) mass is 727 g/mol. The first-order chi connectivity index (χ1) is 24.7. The van der Waals surface area contributed by atoms with Gasteiger partial charge in [0.1, 0.15) is 17.7 Å². The molecule has 52 heavy (non-hydrogen) atoms. The van der Waals surface area contributed by atoms with Crippen LogP contribution in [0.1, 0.15) is 78.2 Å². The van der Waals surface area contributed by atoms with Gasteiger partial charge in [0.15, 0.2) is 0 Å². The van der Waals surface area contributed by atoms with Gasteiger partial charge in [-0.15, -0.1) is 0 Å². The molecule has 0 radical (unpaired) electrons. The number of hydrogen-bond donors (Lipinski definition) is 6. The molecule has 0 fully saturated rings. The van der Waals surface area contributed by atoms with E-state index in [0.29, 0.717) is 38.6 Å². The van der Waals surface area contributed by atoms with Gasteiger partial charge < -0.3 is 36.6 Å². The molecule has 0 aliphatic carbocycles. The molecule has 0 bridgehead atoms. The van der Waals surface area contributed by atoms with E-state index in [2.05, 4.69) is 31.9 Å². The minimum Gasteiger partial charge on any atom is -0.444 e. The van der Waals surface area contributed by atoms with Crippen molar-refractivity contribution in [3.8, 4) is 0 Å². The van der Waals surface area contributed by atoms with Gasteiger partial charge in [0.2, 0.25) is 29.5 Å². The lowest BCUT2D eigenvalue weighted by Gasteiger charge is -2.20. The molecule has 1 heterocycles. The molecule has 0 aromatic heterocycles.